The van der Waals surface area contributed by atoms with Crippen molar-refractivity contribution in [1.29, 1.82) is 0 Å². The highest BCUT2D eigenvalue weighted by atomic mass is 32.2. The maximum absolute atomic E-state index is 13.4. The summed E-state index contributed by atoms with van der Waals surface area (Å²) in [6.45, 7) is 3.66. The molecule has 1 aliphatic rings. The predicted molar refractivity (Wildman–Crippen MR) is 108 cm³/mol. The lowest BCUT2D eigenvalue weighted by Crippen LogP contribution is -2.24. The summed E-state index contributed by atoms with van der Waals surface area (Å²) in [7, 11) is -3.81. The van der Waals surface area contributed by atoms with Gasteiger partial charge in [-0.25, -0.2) is 17.8 Å². The average molecular weight is 397 g/mol. The van der Waals surface area contributed by atoms with E-state index < -0.39 is 15.8 Å². The minimum Gasteiger partial charge on any atom is -0.323 e. The van der Waals surface area contributed by atoms with Gasteiger partial charge in [-0.15, -0.1) is 0 Å². The van der Waals surface area contributed by atoms with E-state index in [1.807, 2.05) is 12.1 Å². The molecule has 3 aromatic rings. The van der Waals surface area contributed by atoms with Gasteiger partial charge >= 0.3 is 0 Å². The number of para-hydroxylation sites is 1. The Morgan fingerprint density at radius 1 is 1.14 bits per heavy atom. The van der Waals surface area contributed by atoms with Gasteiger partial charge in [-0.05, 0) is 67.8 Å². The first-order chi connectivity index (χ1) is 13.3. The topological polar surface area (TPSA) is 62.3 Å². The van der Waals surface area contributed by atoms with Crippen LogP contribution in [0, 0.1) is 12.7 Å². The number of nitrogens with zero attached hydrogens (tertiary/aromatic N) is 2. The minimum atomic E-state index is -3.81. The van der Waals surface area contributed by atoms with Crippen LogP contribution < -0.4 is 9.62 Å². The summed E-state index contributed by atoms with van der Waals surface area (Å²) >= 11 is 0. The maximum Gasteiger partial charge on any atom is 0.261 e. The van der Waals surface area contributed by atoms with Crippen LogP contribution in [-0.4, -0.2) is 19.4 Å². The van der Waals surface area contributed by atoms with Gasteiger partial charge < -0.3 is 4.90 Å². The monoisotopic (exact) mass is 397 g/mol. The van der Waals surface area contributed by atoms with E-state index in [4.69, 9.17) is 0 Å². The Bertz CT molecular complexity index is 1130. The van der Waals surface area contributed by atoms with E-state index in [1.54, 1.807) is 12.1 Å². The van der Waals surface area contributed by atoms with Gasteiger partial charge in [-0.1, -0.05) is 18.2 Å². The SMILES string of the molecule is Cc1cc(S(=O)(=O)Nc2ccc(N3c4ccccc4CC3C)nc2)ccc1F. The Morgan fingerprint density at radius 2 is 1.93 bits per heavy atom. The summed E-state index contributed by atoms with van der Waals surface area (Å²) in [4.78, 5) is 6.62. The number of benzene rings is 2. The van der Waals surface area contributed by atoms with Gasteiger partial charge in [-0.2, -0.15) is 0 Å². The number of aromatic nitrogens is 1. The van der Waals surface area contributed by atoms with Crippen LogP contribution in [-0.2, 0) is 16.4 Å². The highest BCUT2D eigenvalue weighted by Crippen LogP contribution is 2.37. The van der Waals surface area contributed by atoms with Gasteiger partial charge in [0.15, 0.2) is 0 Å². The third-order valence-electron chi connectivity index (χ3n) is 4.89. The number of pyridine rings is 1. The summed E-state index contributed by atoms with van der Waals surface area (Å²) < 4.78 is 41.0. The van der Waals surface area contributed by atoms with E-state index >= 15 is 0 Å². The number of halogens is 1. The number of rotatable bonds is 4. The fourth-order valence-electron chi connectivity index (χ4n) is 3.50. The molecule has 0 bridgehead atoms. The lowest BCUT2D eigenvalue weighted by Gasteiger charge is -2.24. The van der Waals surface area contributed by atoms with Crippen molar-refractivity contribution in [1.82, 2.24) is 4.98 Å². The second-order valence-electron chi connectivity index (χ2n) is 6.97. The minimum absolute atomic E-state index is 0.0116. The van der Waals surface area contributed by atoms with E-state index in [0.29, 0.717) is 5.69 Å². The number of anilines is 3. The van der Waals surface area contributed by atoms with E-state index in [9.17, 15) is 12.8 Å². The molecule has 1 aromatic heterocycles. The second-order valence-corrected chi connectivity index (χ2v) is 8.66. The Kier molecular flexibility index (Phi) is 4.55. The average Bonchev–Trinajstić information content (AvgIpc) is 3.00. The predicted octanol–water partition coefficient (Wildman–Crippen LogP) is 4.41. The van der Waals surface area contributed by atoms with Crippen LogP contribution in [0.4, 0.5) is 21.6 Å². The molecule has 0 saturated carbocycles. The van der Waals surface area contributed by atoms with Crippen LogP contribution in [0.25, 0.3) is 0 Å². The van der Waals surface area contributed by atoms with E-state index in [2.05, 4.69) is 33.7 Å². The van der Waals surface area contributed by atoms with E-state index in [1.165, 1.54) is 30.8 Å². The molecule has 28 heavy (non-hydrogen) atoms. The number of hydrogen-bond acceptors (Lipinski definition) is 4. The summed E-state index contributed by atoms with van der Waals surface area (Å²) in [5.74, 6) is 0.322. The molecule has 1 atom stereocenters. The third kappa shape index (κ3) is 3.33. The van der Waals surface area contributed by atoms with Gasteiger partial charge in [0.1, 0.15) is 11.6 Å². The standard InChI is InChI=1S/C21H20FN3O2S/c1-14-11-18(8-9-19(14)22)28(26,27)24-17-7-10-21(23-13-17)25-15(2)12-16-5-3-4-6-20(16)25/h3-11,13,15,24H,12H2,1-2H3. The fraction of sp³-hybridized carbons (Fsp3) is 0.190. The molecule has 0 aliphatic carbocycles. The van der Waals surface area contributed by atoms with E-state index in [0.717, 1.165) is 24.0 Å². The smallest absolute Gasteiger partial charge is 0.261 e. The molecule has 2 aromatic carbocycles. The van der Waals surface area contributed by atoms with Crippen LogP contribution in [0.1, 0.15) is 18.1 Å². The van der Waals surface area contributed by atoms with Gasteiger partial charge in [-0.3, -0.25) is 4.72 Å². The highest BCUT2D eigenvalue weighted by Gasteiger charge is 2.27. The fourth-order valence-corrected chi connectivity index (χ4v) is 4.63. The molecule has 0 fully saturated rings. The summed E-state index contributed by atoms with van der Waals surface area (Å²) in [6.07, 6.45) is 2.44. The first-order valence-corrected chi connectivity index (χ1v) is 10.5. The Labute approximate surface area is 163 Å². The molecule has 0 spiro atoms. The zero-order chi connectivity index (χ0) is 19.9. The lowest BCUT2D eigenvalue weighted by molar-refractivity contribution is 0.598. The summed E-state index contributed by atoms with van der Waals surface area (Å²) in [6, 6.07) is 15.7. The van der Waals surface area contributed by atoms with Crippen molar-refractivity contribution in [3.63, 3.8) is 0 Å². The molecule has 1 aliphatic heterocycles. The highest BCUT2D eigenvalue weighted by molar-refractivity contribution is 7.92. The van der Waals surface area contributed by atoms with E-state index in [-0.39, 0.29) is 16.5 Å². The molecule has 144 valence electrons. The van der Waals surface area contributed by atoms with Crippen LogP contribution in [0.3, 0.4) is 0 Å². The summed E-state index contributed by atoms with van der Waals surface area (Å²) in [5.41, 5.74) is 3.02. The van der Waals surface area contributed by atoms with Crippen molar-refractivity contribution in [2.75, 3.05) is 9.62 Å². The molecule has 7 heteroatoms. The zero-order valence-electron chi connectivity index (χ0n) is 15.6. The molecule has 5 nitrogen and oxygen atoms in total. The molecule has 0 radical (unpaired) electrons. The molecule has 0 amide bonds. The van der Waals surface area contributed by atoms with Crippen molar-refractivity contribution in [3.05, 3.63) is 77.7 Å². The van der Waals surface area contributed by atoms with Crippen molar-refractivity contribution in [2.45, 2.75) is 31.2 Å². The normalized spacial score (nSPS) is 16.1. The maximum atomic E-state index is 13.4. The van der Waals surface area contributed by atoms with Crippen molar-refractivity contribution < 1.29 is 12.8 Å². The van der Waals surface area contributed by atoms with Crippen LogP contribution in [0.15, 0.2) is 65.7 Å². The quantitative estimate of drug-likeness (QED) is 0.708. The van der Waals surface area contributed by atoms with Gasteiger partial charge in [0.25, 0.3) is 10.0 Å². The van der Waals surface area contributed by atoms with Crippen LogP contribution >= 0.6 is 0 Å². The number of sulfonamides is 1. The van der Waals surface area contributed by atoms with Crippen molar-refractivity contribution in [3.8, 4) is 0 Å². The van der Waals surface area contributed by atoms with Crippen molar-refractivity contribution in [2.24, 2.45) is 0 Å². The molecule has 4 rings (SSSR count). The first-order valence-electron chi connectivity index (χ1n) is 8.97. The van der Waals surface area contributed by atoms with Crippen LogP contribution in [0.5, 0.6) is 0 Å². The molecular formula is C21H20FN3O2S. The Hall–Kier alpha value is -2.93. The van der Waals surface area contributed by atoms with Gasteiger partial charge in [0.2, 0.25) is 0 Å². The zero-order valence-corrected chi connectivity index (χ0v) is 16.4. The number of fused-ring (bicyclic) bond motifs is 1. The van der Waals surface area contributed by atoms with Gasteiger partial charge in [0, 0.05) is 11.7 Å². The van der Waals surface area contributed by atoms with Gasteiger partial charge in [0.05, 0.1) is 16.8 Å². The van der Waals surface area contributed by atoms with Crippen LogP contribution in [0.2, 0.25) is 0 Å². The third-order valence-corrected chi connectivity index (χ3v) is 6.27. The number of nitrogens with one attached hydrogen (secondary N) is 1. The number of hydrogen-bond donors (Lipinski definition) is 1. The molecule has 2 heterocycles. The number of aryl methyl sites for hydroxylation is 1. The molecule has 0 saturated heterocycles. The molecule has 1 N–H and O–H groups in total. The summed E-state index contributed by atoms with van der Waals surface area (Å²) in [5, 5.41) is 0. The second kappa shape index (κ2) is 6.91. The molecule has 1 unspecified atom stereocenters. The lowest BCUT2D eigenvalue weighted by atomic mass is 10.1. The first kappa shape index (κ1) is 18.4. The van der Waals surface area contributed by atoms with Crippen molar-refractivity contribution >= 4 is 27.2 Å². The largest absolute Gasteiger partial charge is 0.323 e. The Balaban J connectivity index is 1.58. The molecular weight excluding hydrogens is 377 g/mol. The Morgan fingerprint density at radius 3 is 2.64 bits per heavy atom.